The lowest BCUT2D eigenvalue weighted by molar-refractivity contribution is 0.110. The van der Waals surface area contributed by atoms with E-state index in [4.69, 9.17) is 0 Å². The first-order valence-corrected chi connectivity index (χ1v) is 4.26. The summed E-state index contributed by atoms with van der Waals surface area (Å²) in [4.78, 5) is 13.9. The molecule has 0 atom stereocenters. The lowest BCUT2D eigenvalue weighted by Gasteiger charge is -2.06. The zero-order valence-electron chi connectivity index (χ0n) is 6.17. The molecule has 0 bridgehead atoms. The van der Waals surface area contributed by atoms with Gasteiger partial charge in [-0.05, 0) is 22.6 Å². The Hall–Kier alpha value is -0.790. The lowest BCUT2D eigenvalue weighted by atomic mass is 10.1. The van der Waals surface area contributed by atoms with Crippen LogP contribution >= 0.6 is 22.6 Å². The van der Waals surface area contributed by atoms with Gasteiger partial charge in [-0.1, -0.05) is 0 Å². The molecule has 0 aliphatic rings. The van der Waals surface area contributed by atoms with Crippen molar-refractivity contribution in [2.45, 2.75) is 6.43 Å². The molecule has 0 saturated heterocycles. The number of hydrogen-bond donors (Lipinski definition) is 1. The second-order valence-electron chi connectivity index (χ2n) is 2.19. The fourth-order valence-corrected chi connectivity index (χ4v) is 1.26. The Kier molecular flexibility index (Phi) is 3.12. The zero-order chi connectivity index (χ0) is 10.0. The summed E-state index contributed by atoms with van der Waals surface area (Å²) in [7, 11) is 0. The van der Waals surface area contributed by atoms with Gasteiger partial charge in [-0.25, -0.2) is 13.8 Å². The van der Waals surface area contributed by atoms with Crippen LogP contribution in [0.3, 0.4) is 0 Å². The van der Waals surface area contributed by atoms with E-state index in [1.807, 2.05) is 0 Å². The molecule has 0 fully saturated rings. The van der Waals surface area contributed by atoms with Crippen LogP contribution in [-0.2, 0) is 0 Å². The predicted octanol–water partition coefficient (Wildman–Crippen LogP) is 2.14. The van der Waals surface area contributed by atoms with E-state index in [1.54, 1.807) is 22.6 Å². The smallest absolute Gasteiger partial charge is 0.268 e. The van der Waals surface area contributed by atoms with E-state index in [9.17, 15) is 18.7 Å². The first-order valence-electron chi connectivity index (χ1n) is 3.18. The molecular formula is C7H4F2INO2. The molecule has 0 saturated carbocycles. The average molecular weight is 299 g/mol. The minimum absolute atomic E-state index is 0.0542. The van der Waals surface area contributed by atoms with Gasteiger partial charge < -0.3 is 5.11 Å². The summed E-state index contributed by atoms with van der Waals surface area (Å²) in [5.74, 6) is -0.625. The highest BCUT2D eigenvalue weighted by Crippen LogP contribution is 2.32. The minimum Gasteiger partial charge on any atom is -0.505 e. The Bertz CT molecular complexity index is 344. The summed E-state index contributed by atoms with van der Waals surface area (Å²) in [5, 5.41) is 9.17. The normalized spacial score (nSPS) is 10.5. The van der Waals surface area contributed by atoms with E-state index in [0.717, 1.165) is 6.20 Å². The van der Waals surface area contributed by atoms with Crippen LogP contribution in [0.25, 0.3) is 0 Å². The highest BCUT2D eigenvalue weighted by Gasteiger charge is 2.20. The van der Waals surface area contributed by atoms with Crippen LogP contribution in [0.5, 0.6) is 5.75 Å². The summed E-state index contributed by atoms with van der Waals surface area (Å²) in [6.45, 7) is 0. The molecule has 1 heterocycles. The molecule has 70 valence electrons. The molecular weight excluding hydrogens is 295 g/mol. The molecule has 3 nitrogen and oxygen atoms in total. The topological polar surface area (TPSA) is 50.2 Å². The maximum absolute atomic E-state index is 12.3. The van der Waals surface area contributed by atoms with Crippen molar-refractivity contribution in [1.82, 2.24) is 4.98 Å². The minimum atomic E-state index is -2.88. The fourth-order valence-electron chi connectivity index (χ4n) is 0.828. The predicted molar refractivity (Wildman–Crippen MR) is 49.0 cm³/mol. The van der Waals surface area contributed by atoms with Crippen molar-refractivity contribution in [3.8, 4) is 5.75 Å². The van der Waals surface area contributed by atoms with Crippen LogP contribution < -0.4 is 0 Å². The number of aromatic nitrogens is 1. The fraction of sp³-hybridized carbons (Fsp3) is 0.143. The molecule has 0 spiro atoms. The van der Waals surface area contributed by atoms with Crippen molar-refractivity contribution < 1.29 is 18.7 Å². The van der Waals surface area contributed by atoms with Crippen LogP contribution in [0.1, 0.15) is 22.3 Å². The Labute approximate surface area is 85.9 Å². The van der Waals surface area contributed by atoms with Crippen molar-refractivity contribution in [3.63, 3.8) is 0 Å². The summed E-state index contributed by atoms with van der Waals surface area (Å²) >= 11 is 1.61. The van der Waals surface area contributed by atoms with E-state index >= 15 is 0 Å². The number of pyridine rings is 1. The molecule has 13 heavy (non-hydrogen) atoms. The molecule has 0 aromatic carbocycles. The Morgan fingerprint density at radius 1 is 1.62 bits per heavy atom. The van der Waals surface area contributed by atoms with Crippen molar-refractivity contribution in [2.75, 3.05) is 0 Å². The van der Waals surface area contributed by atoms with Gasteiger partial charge in [0.05, 0.1) is 5.56 Å². The van der Waals surface area contributed by atoms with Crippen LogP contribution in [0, 0.1) is 3.70 Å². The van der Waals surface area contributed by atoms with Crippen LogP contribution in [-0.4, -0.2) is 16.4 Å². The molecule has 0 aliphatic heterocycles. The highest BCUT2D eigenvalue weighted by molar-refractivity contribution is 14.1. The van der Waals surface area contributed by atoms with E-state index in [1.165, 1.54) is 0 Å². The van der Waals surface area contributed by atoms with Crippen molar-refractivity contribution >= 4 is 28.9 Å². The first-order chi connectivity index (χ1) is 6.07. The van der Waals surface area contributed by atoms with Gasteiger partial charge in [0.1, 0.15) is 3.70 Å². The number of hydrogen-bond acceptors (Lipinski definition) is 3. The van der Waals surface area contributed by atoms with E-state index < -0.39 is 17.7 Å². The molecule has 0 radical (unpaired) electrons. The Morgan fingerprint density at radius 2 is 2.23 bits per heavy atom. The van der Waals surface area contributed by atoms with Gasteiger partial charge in [0.25, 0.3) is 6.43 Å². The summed E-state index contributed by atoms with van der Waals surface area (Å²) < 4.78 is 24.7. The third-order valence-electron chi connectivity index (χ3n) is 1.42. The highest BCUT2D eigenvalue weighted by atomic mass is 127. The number of rotatable bonds is 2. The lowest BCUT2D eigenvalue weighted by Crippen LogP contribution is -1.97. The van der Waals surface area contributed by atoms with Crippen LogP contribution in [0.15, 0.2) is 6.20 Å². The van der Waals surface area contributed by atoms with Gasteiger partial charge in [0, 0.05) is 11.8 Å². The monoisotopic (exact) mass is 299 g/mol. The SMILES string of the molecule is O=Cc1cnc(I)c(O)c1C(F)F. The first kappa shape index (κ1) is 10.3. The van der Waals surface area contributed by atoms with E-state index in [2.05, 4.69) is 4.98 Å². The van der Waals surface area contributed by atoms with Gasteiger partial charge in [-0.2, -0.15) is 0 Å². The maximum Gasteiger partial charge on any atom is 0.268 e. The molecule has 1 N–H and O–H groups in total. The summed E-state index contributed by atoms with van der Waals surface area (Å²) in [6, 6.07) is 0. The van der Waals surface area contributed by atoms with Crippen molar-refractivity contribution in [3.05, 3.63) is 21.0 Å². The van der Waals surface area contributed by atoms with Crippen molar-refractivity contribution in [2.24, 2.45) is 0 Å². The average Bonchev–Trinajstić information content (AvgIpc) is 2.08. The van der Waals surface area contributed by atoms with Gasteiger partial charge in [-0.15, -0.1) is 0 Å². The third-order valence-corrected chi connectivity index (χ3v) is 2.21. The number of carbonyl (C=O) groups excluding carboxylic acids is 1. The largest absolute Gasteiger partial charge is 0.505 e. The summed E-state index contributed by atoms with van der Waals surface area (Å²) in [5.41, 5.74) is -0.942. The van der Waals surface area contributed by atoms with Gasteiger partial charge in [-0.3, -0.25) is 4.79 Å². The number of nitrogens with zero attached hydrogens (tertiary/aromatic N) is 1. The molecule has 6 heteroatoms. The second-order valence-corrected chi connectivity index (χ2v) is 3.21. The number of halogens is 3. The van der Waals surface area contributed by atoms with Gasteiger partial charge in [0.15, 0.2) is 12.0 Å². The molecule has 0 aliphatic carbocycles. The summed E-state index contributed by atoms with van der Waals surface area (Å²) in [6.07, 6.45) is -1.63. The number of aldehydes is 1. The zero-order valence-corrected chi connectivity index (χ0v) is 8.33. The van der Waals surface area contributed by atoms with E-state index in [-0.39, 0.29) is 15.6 Å². The molecule has 1 rings (SSSR count). The quantitative estimate of drug-likeness (QED) is 0.517. The van der Waals surface area contributed by atoms with Gasteiger partial charge in [0.2, 0.25) is 0 Å². The van der Waals surface area contributed by atoms with Crippen molar-refractivity contribution in [1.29, 1.82) is 0 Å². The van der Waals surface area contributed by atoms with Gasteiger partial charge >= 0.3 is 0 Å². The molecule has 0 unspecified atom stereocenters. The number of alkyl halides is 2. The Morgan fingerprint density at radius 3 is 2.69 bits per heavy atom. The van der Waals surface area contributed by atoms with Crippen LogP contribution in [0.2, 0.25) is 0 Å². The third kappa shape index (κ3) is 1.93. The Balaban J connectivity index is 3.41. The maximum atomic E-state index is 12.3. The molecule has 1 aromatic heterocycles. The standard InChI is InChI=1S/C7H4F2INO2/c8-6(9)4-3(2-12)1-11-7(10)5(4)13/h1-2,6,13H. The van der Waals surface area contributed by atoms with Crippen LogP contribution in [0.4, 0.5) is 8.78 Å². The number of aromatic hydroxyl groups is 1. The molecule has 0 amide bonds. The number of carbonyl (C=O) groups is 1. The second kappa shape index (κ2) is 3.95. The van der Waals surface area contributed by atoms with E-state index in [0.29, 0.717) is 0 Å². The molecule has 1 aromatic rings.